The molecule has 58 heavy (non-hydrogen) atoms. The van der Waals surface area contributed by atoms with Crippen LogP contribution < -0.4 is 0 Å². The molecule has 0 aliphatic carbocycles. The molecule has 0 radical (unpaired) electrons. The molecule has 274 valence electrons. The van der Waals surface area contributed by atoms with E-state index < -0.39 is 11.9 Å². The summed E-state index contributed by atoms with van der Waals surface area (Å²) in [4.78, 5) is 26.1. The molecule has 0 saturated heterocycles. The van der Waals surface area contributed by atoms with Crippen LogP contribution in [0, 0.1) is 17.9 Å². The van der Waals surface area contributed by atoms with Crippen molar-refractivity contribution >= 4 is 67.7 Å². The van der Waals surface area contributed by atoms with E-state index in [1.807, 2.05) is 66.7 Å². The molecular weight excluding hydrogens is 721 g/mol. The smallest absolute Gasteiger partial charge is 0.346 e. The summed E-state index contributed by atoms with van der Waals surface area (Å²) in [5, 5.41) is 32.0. The van der Waals surface area contributed by atoms with Crippen LogP contribution in [0.25, 0.3) is 94.2 Å². The zero-order valence-electron chi connectivity index (χ0n) is 30.7. The molecule has 9 rings (SSSR count). The zero-order chi connectivity index (χ0) is 39.9. The Kier molecular flexibility index (Phi) is 8.70. The molecule has 0 atom stereocenters. The van der Waals surface area contributed by atoms with Crippen LogP contribution in [0.5, 0.6) is 0 Å². The van der Waals surface area contributed by atoms with Crippen molar-refractivity contribution in [2.45, 2.75) is 0 Å². The number of carboxylic acids is 2. The number of carbonyl (C=O) groups is 2. The first-order valence-corrected chi connectivity index (χ1v) is 18.4. The van der Waals surface area contributed by atoms with E-state index in [0.29, 0.717) is 11.1 Å². The number of nitrogens with zero attached hydrogens (tertiary/aromatic N) is 4. The van der Waals surface area contributed by atoms with Crippen LogP contribution in [0.15, 0.2) is 169 Å². The van der Waals surface area contributed by atoms with E-state index in [0.717, 1.165) is 77.2 Å². The Morgan fingerprint density at radius 2 is 0.914 bits per heavy atom. The van der Waals surface area contributed by atoms with Gasteiger partial charge in [0.1, 0.15) is 11.6 Å². The van der Waals surface area contributed by atoms with Crippen molar-refractivity contribution in [3.8, 4) is 39.7 Å². The monoisotopic (exact) mass is 750 g/mol. The predicted molar refractivity (Wildman–Crippen MR) is 229 cm³/mol. The van der Waals surface area contributed by atoms with Crippen molar-refractivity contribution in [3.05, 3.63) is 192 Å². The van der Waals surface area contributed by atoms with Crippen LogP contribution in [0.3, 0.4) is 0 Å². The highest BCUT2D eigenvalue weighted by atomic mass is 16.4. The maximum Gasteiger partial charge on any atom is 0.346 e. The summed E-state index contributed by atoms with van der Waals surface area (Å²) >= 11 is 0. The lowest BCUT2D eigenvalue weighted by atomic mass is 10.00. The molecule has 0 amide bonds. The second-order valence-electron chi connectivity index (χ2n) is 13.9. The summed E-state index contributed by atoms with van der Waals surface area (Å²) in [6.07, 6.45) is 2.80. The van der Waals surface area contributed by atoms with Gasteiger partial charge in [-0.2, -0.15) is 5.26 Å². The van der Waals surface area contributed by atoms with Gasteiger partial charge in [-0.3, -0.25) is 4.79 Å². The van der Waals surface area contributed by atoms with Gasteiger partial charge in [0.25, 0.3) is 5.70 Å². The van der Waals surface area contributed by atoms with Crippen LogP contribution in [-0.2, 0) is 9.59 Å². The van der Waals surface area contributed by atoms with Gasteiger partial charge >= 0.3 is 11.9 Å². The number of hydrogen-bond donors (Lipinski definition) is 2. The van der Waals surface area contributed by atoms with Gasteiger partial charge in [0.15, 0.2) is 0 Å². The van der Waals surface area contributed by atoms with Crippen LogP contribution in [0.1, 0.15) is 11.1 Å². The normalized spacial score (nSPS) is 11.9. The summed E-state index contributed by atoms with van der Waals surface area (Å²) in [5.74, 6) is -2.50. The van der Waals surface area contributed by atoms with Gasteiger partial charge in [-0.05, 0) is 106 Å². The topological polar surface area (TPSA) is 113 Å². The summed E-state index contributed by atoms with van der Waals surface area (Å²) in [6.45, 7) is 7.23. The molecule has 0 aliphatic heterocycles. The number of benzene rings is 7. The molecule has 0 saturated carbocycles. The highest BCUT2D eigenvalue weighted by molar-refractivity contribution is 6.11. The molecule has 2 N–H and O–H groups in total. The van der Waals surface area contributed by atoms with E-state index >= 15 is 0 Å². The molecule has 8 heteroatoms. The number of carboxylic acid groups (broad SMARTS) is 2. The van der Waals surface area contributed by atoms with Crippen LogP contribution in [0.2, 0.25) is 0 Å². The van der Waals surface area contributed by atoms with Crippen molar-refractivity contribution in [2.24, 2.45) is 0 Å². The van der Waals surface area contributed by atoms with Crippen LogP contribution in [-0.4, -0.2) is 31.3 Å². The van der Waals surface area contributed by atoms with E-state index in [9.17, 15) is 25.1 Å². The SMILES string of the molecule is [C-]#[N+]/C(=C\c1ccc2c(c1)c1ccccc1n2-c1ccc(-c2ccc(-c3ccc(-n4c5ccccc5c5cc(/C=C(\C#N)C(=O)O)ccc54)cc3)cc2)cc1)C(=O)O. The molecule has 0 bridgehead atoms. The first kappa shape index (κ1) is 35.3. The van der Waals surface area contributed by atoms with Gasteiger partial charge in [0.05, 0.1) is 28.6 Å². The molecular formula is C50H30N4O4. The third-order valence-electron chi connectivity index (χ3n) is 10.5. The standard InChI is InChI=1S/C50H30N4O4/c1-52-44(50(57)58)29-32-11-25-48-43(28-32)41-7-3-5-9-46(41)54(48)39-22-18-36(19-23-39)34-14-12-33(13-15-34)35-16-20-38(21-17-35)53-45-8-4-2-6-40(45)42-27-31(10-24-47(42)53)26-37(30-51)49(55)56/h2-29H,(H,55,56)(H,57,58)/b37-26+,44-29-. The largest absolute Gasteiger partial charge is 0.486 e. The number of aliphatic carboxylic acids is 2. The minimum Gasteiger partial charge on any atom is -0.486 e. The van der Waals surface area contributed by atoms with E-state index in [1.165, 1.54) is 12.2 Å². The zero-order valence-corrected chi connectivity index (χ0v) is 30.7. The summed E-state index contributed by atoms with van der Waals surface area (Å²) in [7, 11) is 0. The molecule has 8 nitrogen and oxygen atoms in total. The lowest BCUT2D eigenvalue weighted by Crippen LogP contribution is -1.97. The lowest BCUT2D eigenvalue weighted by Gasteiger charge is -2.11. The van der Waals surface area contributed by atoms with Gasteiger partial charge in [-0.15, -0.1) is 0 Å². The minimum absolute atomic E-state index is 0.315. The number of aromatic nitrogens is 2. The number of para-hydroxylation sites is 2. The van der Waals surface area contributed by atoms with Gasteiger partial charge in [0, 0.05) is 32.9 Å². The average molecular weight is 751 g/mol. The maximum absolute atomic E-state index is 11.5. The van der Waals surface area contributed by atoms with E-state index in [4.69, 9.17) is 6.57 Å². The molecule has 9 aromatic rings. The first-order chi connectivity index (χ1) is 28.3. The van der Waals surface area contributed by atoms with E-state index in [2.05, 4.69) is 105 Å². The van der Waals surface area contributed by atoms with Crippen molar-refractivity contribution in [2.75, 3.05) is 0 Å². The fourth-order valence-corrected chi connectivity index (χ4v) is 7.79. The molecule has 2 aromatic heterocycles. The lowest BCUT2D eigenvalue weighted by molar-refractivity contribution is -0.133. The minimum atomic E-state index is -1.25. The Morgan fingerprint density at radius 1 is 0.517 bits per heavy atom. The predicted octanol–water partition coefficient (Wildman–Crippen LogP) is 11.6. The number of fused-ring (bicyclic) bond motifs is 6. The van der Waals surface area contributed by atoms with Gasteiger partial charge in [-0.25, -0.2) is 9.64 Å². The van der Waals surface area contributed by atoms with E-state index in [1.54, 1.807) is 6.07 Å². The molecule has 7 aromatic carbocycles. The number of nitriles is 1. The average Bonchev–Trinajstić information content (AvgIpc) is 3.77. The second kappa shape index (κ2) is 14.3. The maximum atomic E-state index is 11.5. The quantitative estimate of drug-likeness (QED) is 0.0912. The van der Waals surface area contributed by atoms with Crippen molar-refractivity contribution in [3.63, 3.8) is 0 Å². The molecule has 0 aliphatic rings. The Hall–Kier alpha value is -8.46. The summed E-state index contributed by atoms with van der Waals surface area (Å²) < 4.78 is 4.39. The fraction of sp³-hybridized carbons (Fsp3) is 0. The van der Waals surface area contributed by atoms with E-state index in [-0.39, 0.29) is 11.3 Å². The van der Waals surface area contributed by atoms with Crippen molar-refractivity contribution in [1.82, 2.24) is 9.13 Å². The second-order valence-corrected chi connectivity index (χ2v) is 13.9. The van der Waals surface area contributed by atoms with Gasteiger partial charge in [0.2, 0.25) is 0 Å². The van der Waals surface area contributed by atoms with Crippen LogP contribution >= 0.6 is 0 Å². The van der Waals surface area contributed by atoms with Gasteiger partial charge in [-0.1, -0.05) is 97.1 Å². The Morgan fingerprint density at radius 3 is 1.31 bits per heavy atom. The third kappa shape index (κ3) is 6.14. The Bertz CT molecular complexity index is 3060. The molecule has 0 spiro atoms. The fourth-order valence-electron chi connectivity index (χ4n) is 7.79. The Labute approximate surface area is 332 Å². The molecule has 0 unspecified atom stereocenters. The molecule has 0 fully saturated rings. The van der Waals surface area contributed by atoms with Crippen molar-refractivity contribution < 1.29 is 19.8 Å². The van der Waals surface area contributed by atoms with Gasteiger partial charge < -0.3 is 19.3 Å². The Balaban J connectivity index is 0.993. The third-order valence-corrected chi connectivity index (χ3v) is 10.5. The highest BCUT2D eigenvalue weighted by Gasteiger charge is 2.16. The highest BCUT2D eigenvalue weighted by Crippen LogP contribution is 2.36. The van der Waals surface area contributed by atoms with Crippen LogP contribution in [0.4, 0.5) is 0 Å². The number of rotatable bonds is 8. The summed E-state index contributed by atoms with van der Waals surface area (Å²) in [6, 6.07) is 54.8. The number of hydrogen-bond acceptors (Lipinski definition) is 3. The summed E-state index contributed by atoms with van der Waals surface area (Å²) in [5.41, 5.74) is 11.0. The molecule has 2 heterocycles. The first-order valence-electron chi connectivity index (χ1n) is 18.4. The van der Waals surface area contributed by atoms with Crippen molar-refractivity contribution in [1.29, 1.82) is 5.26 Å².